The van der Waals surface area contributed by atoms with Crippen molar-refractivity contribution in [3.63, 3.8) is 0 Å². The Labute approximate surface area is 111 Å². The van der Waals surface area contributed by atoms with E-state index >= 15 is 0 Å². The maximum atomic E-state index is 12.4. The lowest BCUT2D eigenvalue weighted by Gasteiger charge is -2.42. The van der Waals surface area contributed by atoms with Gasteiger partial charge in [0.1, 0.15) is 0 Å². The minimum Gasteiger partial charge on any atom is -0.391 e. The summed E-state index contributed by atoms with van der Waals surface area (Å²) in [6, 6.07) is 0.0951. The highest BCUT2D eigenvalue weighted by Crippen LogP contribution is 2.33. The molecule has 1 aliphatic carbocycles. The maximum absolute atomic E-state index is 12.4. The first kappa shape index (κ1) is 15.1. The zero-order chi connectivity index (χ0) is 14.0. The molecule has 2 N–H and O–H groups in total. The van der Waals surface area contributed by atoms with Gasteiger partial charge < -0.3 is 10.2 Å². The van der Waals surface area contributed by atoms with Gasteiger partial charge in [-0.2, -0.15) is 13.2 Å². The van der Waals surface area contributed by atoms with Gasteiger partial charge in [-0.3, -0.25) is 4.90 Å². The molecule has 0 aromatic heterocycles. The minimum absolute atomic E-state index is 0.0951. The van der Waals surface area contributed by atoms with E-state index in [4.69, 9.17) is 0 Å². The van der Waals surface area contributed by atoms with Crippen molar-refractivity contribution in [3.05, 3.63) is 0 Å². The Hall–Kier alpha value is -0.330. The highest BCUT2D eigenvalue weighted by molar-refractivity contribution is 4.88. The Bertz CT molecular complexity index is 290. The molecule has 19 heavy (non-hydrogen) atoms. The lowest BCUT2D eigenvalue weighted by molar-refractivity contribution is -0.223. The zero-order valence-corrected chi connectivity index (χ0v) is 10.9. The Kier molecular flexibility index (Phi) is 4.74. The first-order valence-corrected chi connectivity index (χ1v) is 7.06. The summed E-state index contributed by atoms with van der Waals surface area (Å²) < 4.78 is 37.3. The van der Waals surface area contributed by atoms with E-state index in [0.717, 1.165) is 25.7 Å². The predicted octanol–water partition coefficient (Wildman–Crippen LogP) is 1.93. The number of likely N-dealkylation sites (tertiary alicyclic amines) is 1. The summed E-state index contributed by atoms with van der Waals surface area (Å²) in [5.41, 5.74) is 0. The molecular weight excluding hydrogens is 259 g/mol. The molecule has 3 atom stereocenters. The van der Waals surface area contributed by atoms with Crippen molar-refractivity contribution in [2.24, 2.45) is 5.92 Å². The normalized spacial score (nSPS) is 33.3. The van der Waals surface area contributed by atoms with Crippen molar-refractivity contribution in [2.75, 3.05) is 13.1 Å². The van der Waals surface area contributed by atoms with Crippen LogP contribution in [0.4, 0.5) is 13.2 Å². The summed E-state index contributed by atoms with van der Waals surface area (Å²) >= 11 is 0. The van der Waals surface area contributed by atoms with Crippen LogP contribution in [0.15, 0.2) is 0 Å². The molecule has 3 nitrogen and oxygen atoms in total. The van der Waals surface area contributed by atoms with Gasteiger partial charge in [0, 0.05) is 6.04 Å². The molecule has 1 aliphatic heterocycles. The third-order valence-electron chi connectivity index (χ3n) is 4.52. The van der Waals surface area contributed by atoms with E-state index in [-0.39, 0.29) is 12.1 Å². The Morgan fingerprint density at radius 1 is 1.00 bits per heavy atom. The van der Waals surface area contributed by atoms with Crippen molar-refractivity contribution in [1.82, 2.24) is 4.90 Å². The van der Waals surface area contributed by atoms with Gasteiger partial charge in [0.25, 0.3) is 0 Å². The fourth-order valence-electron chi connectivity index (χ4n) is 3.35. The van der Waals surface area contributed by atoms with Crippen molar-refractivity contribution >= 4 is 0 Å². The first-order valence-electron chi connectivity index (χ1n) is 7.06. The van der Waals surface area contributed by atoms with E-state index in [1.165, 1.54) is 0 Å². The molecule has 0 bridgehead atoms. The molecule has 0 radical (unpaired) electrons. The second-order valence-electron chi connectivity index (χ2n) is 5.78. The van der Waals surface area contributed by atoms with E-state index in [9.17, 15) is 23.4 Å². The quantitative estimate of drug-likeness (QED) is 0.813. The fourth-order valence-corrected chi connectivity index (χ4v) is 3.35. The maximum Gasteiger partial charge on any atom is 0.414 e. The number of aliphatic hydroxyl groups excluding tert-OH is 2. The smallest absolute Gasteiger partial charge is 0.391 e. The molecule has 0 amide bonds. The van der Waals surface area contributed by atoms with Crippen LogP contribution in [-0.2, 0) is 0 Å². The molecule has 1 saturated carbocycles. The Balaban J connectivity index is 1.85. The average molecular weight is 281 g/mol. The summed E-state index contributed by atoms with van der Waals surface area (Å²) in [6.07, 6.45) is -2.55. The van der Waals surface area contributed by atoms with E-state index in [1.807, 2.05) is 0 Å². The second-order valence-corrected chi connectivity index (χ2v) is 5.78. The number of hydrogen-bond donors (Lipinski definition) is 2. The predicted molar refractivity (Wildman–Crippen MR) is 64.6 cm³/mol. The number of nitrogens with zero attached hydrogens (tertiary/aromatic N) is 1. The van der Waals surface area contributed by atoms with Crippen molar-refractivity contribution in [1.29, 1.82) is 0 Å². The number of halogens is 3. The first-order chi connectivity index (χ1) is 8.89. The molecule has 6 heteroatoms. The van der Waals surface area contributed by atoms with Gasteiger partial charge in [-0.15, -0.1) is 0 Å². The van der Waals surface area contributed by atoms with E-state index in [1.54, 1.807) is 0 Å². The summed E-state index contributed by atoms with van der Waals surface area (Å²) in [5, 5.41) is 19.2. The van der Waals surface area contributed by atoms with Crippen LogP contribution in [0.5, 0.6) is 0 Å². The Morgan fingerprint density at radius 3 is 2.11 bits per heavy atom. The highest BCUT2D eigenvalue weighted by atomic mass is 19.4. The van der Waals surface area contributed by atoms with Gasteiger partial charge in [-0.05, 0) is 44.7 Å². The standard InChI is InChI=1S/C13H22F3NO2/c14-13(15,16)12(19)9-5-7-17(8-6-9)10-3-1-2-4-11(10)18/h9-12,18-19H,1-8H2. The lowest BCUT2D eigenvalue weighted by Crippen LogP contribution is -2.51. The van der Waals surface area contributed by atoms with Crippen LogP contribution in [-0.4, -0.2) is 52.6 Å². The van der Waals surface area contributed by atoms with Gasteiger partial charge in [0.2, 0.25) is 0 Å². The van der Waals surface area contributed by atoms with Crippen LogP contribution in [0, 0.1) is 5.92 Å². The van der Waals surface area contributed by atoms with Crippen LogP contribution in [0.3, 0.4) is 0 Å². The van der Waals surface area contributed by atoms with Crippen LogP contribution >= 0.6 is 0 Å². The summed E-state index contributed by atoms with van der Waals surface area (Å²) in [4.78, 5) is 2.10. The van der Waals surface area contributed by atoms with Gasteiger partial charge >= 0.3 is 6.18 Å². The van der Waals surface area contributed by atoms with E-state index < -0.39 is 18.2 Å². The molecule has 0 spiro atoms. The number of piperidine rings is 1. The SMILES string of the molecule is OC1CCCCC1N1CCC(C(O)C(F)(F)F)CC1. The van der Waals surface area contributed by atoms with Crippen LogP contribution in [0.1, 0.15) is 38.5 Å². The molecule has 0 aromatic rings. The zero-order valence-electron chi connectivity index (χ0n) is 10.9. The molecule has 1 heterocycles. The summed E-state index contributed by atoms with van der Waals surface area (Å²) in [5.74, 6) is -0.697. The molecular formula is C13H22F3NO2. The molecule has 112 valence electrons. The number of alkyl halides is 3. The third-order valence-corrected chi connectivity index (χ3v) is 4.52. The highest BCUT2D eigenvalue weighted by Gasteiger charge is 2.44. The molecule has 0 aromatic carbocycles. The van der Waals surface area contributed by atoms with Crippen LogP contribution in [0.25, 0.3) is 0 Å². The Morgan fingerprint density at radius 2 is 1.58 bits per heavy atom. The number of aliphatic hydroxyl groups is 2. The second kappa shape index (κ2) is 5.97. The number of rotatable bonds is 2. The molecule has 2 aliphatic rings. The topological polar surface area (TPSA) is 43.7 Å². The molecule has 2 rings (SSSR count). The van der Waals surface area contributed by atoms with Crippen molar-refractivity contribution in [3.8, 4) is 0 Å². The van der Waals surface area contributed by atoms with E-state index in [0.29, 0.717) is 25.9 Å². The summed E-state index contributed by atoms with van der Waals surface area (Å²) in [7, 11) is 0. The number of hydrogen-bond acceptors (Lipinski definition) is 3. The third kappa shape index (κ3) is 3.61. The van der Waals surface area contributed by atoms with Crippen LogP contribution in [0.2, 0.25) is 0 Å². The monoisotopic (exact) mass is 281 g/mol. The van der Waals surface area contributed by atoms with E-state index in [2.05, 4.69) is 4.90 Å². The molecule has 2 fully saturated rings. The fraction of sp³-hybridized carbons (Fsp3) is 1.00. The van der Waals surface area contributed by atoms with Crippen LogP contribution < -0.4 is 0 Å². The largest absolute Gasteiger partial charge is 0.414 e. The van der Waals surface area contributed by atoms with Crippen molar-refractivity contribution < 1.29 is 23.4 Å². The average Bonchev–Trinajstić information content (AvgIpc) is 2.38. The lowest BCUT2D eigenvalue weighted by atomic mass is 9.86. The molecule has 3 unspecified atom stereocenters. The minimum atomic E-state index is -4.52. The van der Waals surface area contributed by atoms with Gasteiger partial charge in [0.15, 0.2) is 6.10 Å². The van der Waals surface area contributed by atoms with Gasteiger partial charge in [-0.25, -0.2) is 0 Å². The summed E-state index contributed by atoms with van der Waals surface area (Å²) in [6.45, 7) is 1.08. The van der Waals surface area contributed by atoms with Gasteiger partial charge in [-0.1, -0.05) is 12.8 Å². The molecule has 1 saturated heterocycles. The van der Waals surface area contributed by atoms with Gasteiger partial charge in [0.05, 0.1) is 6.10 Å². The van der Waals surface area contributed by atoms with Crippen molar-refractivity contribution in [2.45, 2.75) is 63.0 Å².